The van der Waals surface area contributed by atoms with Crippen molar-refractivity contribution in [2.45, 2.75) is 45.3 Å². The zero-order valence-electron chi connectivity index (χ0n) is 21.4. The quantitative estimate of drug-likeness (QED) is 0.256. The summed E-state index contributed by atoms with van der Waals surface area (Å²) in [6, 6.07) is 28.5. The van der Waals surface area contributed by atoms with Crippen molar-refractivity contribution >= 4 is 5.91 Å². The highest BCUT2D eigenvalue weighted by Gasteiger charge is 2.18. The average molecular weight is 482 g/mol. The van der Waals surface area contributed by atoms with E-state index in [9.17, 15) is 4.79 Å². The maximum atomic E-state index is 13.1. The minimum absolute atomic E-state index is 0.101. The van der Waals surface area contributed by atoms with Crippen LogP contribution in [0.4, 0.5) is 0 Å². The van der Waals surface area contributed by atoms with Crippen molar-refractivity contribution in [3.63, 3.8) is 0 Å². The first-order chi connectivity index (χ1) is 17.5. The summed E-state index contributed by atoms with van der Waals surface area (Å²) in [6.45, 7) is 5.49. The van der Waals surface area contributed by atoms with Crippen LogP contribution >= 0.6 is 0 Å². The van der Waals surface area contributed by atoms with E-state index in [1.54, 1.807) is 0 Å². The van der Waals surface area contributed by atoms with Gasteiger partial charge in [0.15, 0.2) is 0 Å². The first-order valence-electron chi connectivity index (χ1n) is 12.6. The SMILES string of the molecule is CC(C)Oc1cccc(CC(=O)N(C)CC(CCn2cnc(-c3ccccc3)c2)c2ccccc2)c1. The van der Waals surface area contributed by atoms with Crippen LogP contribution in [-0.4, -0.2) is 40.1 Å². The van der Waals surface area contributed by atoms with Gasteiger partial charge >= 0.3 is 0 Å². The molecule has 0 aliphatic rings. The number of hydrogen-bond donors (Lipinski definition) is 0. The van der Waals surface area contributed by atoms with Gasteiger partial charge in [0.25, 0.3) is 0 Å². The van der Waals surface area contributed by atoms with E-state index in [1.807, 2.05) is 80.7 Å². The van der Waals surface area contributed by atoms with Crippen molar-refractivity contribution in [3.8, 4) is 17.0 Å². The topological polar surface area (TPSA) is 47.4 Å². The number of benzene rings is 3. The Morgan fingerprint density at radius 3 is 2.42 bits per heavy atom. The molecule has 0 N–H and O–H groups in total. The fourth-order valence-corrected chi connectivity index (χ4v) is 4.38. The summed E-state index contributed by atoms with van der Waals surface area (Å²) in [4.78, 5) is 19.6. The molecule has 1 amide bonds. The summed E-state index contributed by atoms with van der Waals surface area (Å²) in [5, 5.41) is 0. The molecule has 0 saturated heterocycles. The van der Waals surface area contributed by atoms with Crippen molar-refractivity contribution in [3.05, 3.63) is 109 Å². The molecule has 1 aromatic heterocycles. The number of ether oxygens (including phenoxy) is 1. The lowest BCUT2D eigenvalue weighted by atomic mass is 9.95. The molecule has 1 heterocycles. The number of likely N-dealkylation sites (N-methyl/N-ethyl adjacent to an activating group) is 1. The highest BCUT2D eigenvalue weighted by atomic mass is 16.5. The van der Waals surface area contributed by atoms with Crippen molar-refractivity contribution in [2.24, 2.45) is 0 Å². The van der Waals surface area contributed by atoms with E-state index in [0.717, 1.165) is 35.5 Å². The Balaban J connectivity index is 1.41. The van der Waals surface area contributed by atoms with E-state index in [1.165, 1.54) is 5.56 Å². The number of amides is 1. The highest BCUT2D eigenvalue weighted by Crippen LogP contribution is 2.23. The Morgan fingerprint density at radius 2 is 1.69 bits per heavy atom. The number of hydrogen-bond acceptors (Lipinski definition) is 3. The minimum atomic E-state index is 0.101. The number of rotatable bonds is 11. The van der Waals surface area contributed by atoms with Crippen molar-refractivity contribution < 1.29 is 9.53 Å². The third kappa shape index (κ3) is 7.08. The Hall–Kier alpha value is -3.86. The Bertz CT molecular complexity index is 1230. The maximum Gasteiger partial charge on any atom is 0.226 e. The molecule has 3 aromatic carbocycles. The molecule has 5 heteroatoms. The molecular formula is C31H35N3O2. The predicted octanol–water partition coefficient (Wildman–Crippen LogP) is 6.21. The van der Waals surface area contributed by atoms with Gasteiger partial charge in [-0.25, -0.2) is 4.98 Å². The smallest absolute Gasteiger partial charge is 0.226 e. The fraction of sp³-hybridized carbons (Fsp3) is 0.290. The molecule has 4 rings (SSSR count). The predicted molar refractivity (Wildman–Crippen MR) is 145 cm³/mol. The van der Waals surface area contributed by atoms with Gasteiger partial charge in [0.2, 0.25) is 5.91 Å². The molecule has 36 heavy (non-hydrogen) atoms. The Kier molecular flexibility index (Phi) is 8.56. The second kappa shape index (κ2) is 12.2. The molecule has 0 spiro atoms. The van der Waals surface area contributed by atoms with Crippen LogP contribution in [0.25, 0.3) is 11.3 Å². The molecular weight excluding hydrogens is 446 g/mol. The van der Waals surface area contributed by atoms with Crippen LogP contribution in [0.15, 0.2) is 97.5 Å². The van der Waals surface area contributed by atoms with Crippen molar-refractivity contribution in [1.29, 1.82) is 0 Å². The summed E-state index contributed by atoms with van der Waals surface area (Å²) in [6.07, 6.45) is 5.35. The molecule has 0 aliphatic heterocycles. The van der Waals surface area contributed by atoms with Crippen molar-refractivity contribution in [1.82, 2.24) is 14.5 Å². The number of aryl methyl sites for hydroxylation is 1. The van der Waals surface area contributed by atoms with Crippen molar-refractivity contribution in [2.75, 3.05) is 13.6 Å². The van der Waals surface area contributed by atoms with Crippen LogP contribution in [-0.2, 0) is 17.8 Å². The largest absolute Gasteiger partial charge is 0.491 e. The molecule has 4 aromatic rings. The Morgan fingerprint density at radius 1 is 0.972 bits per heavy atom. The normalized spacial score (nSPS) is 11.9. The van der Waals surface area contributed by atoms with E-state index in [-0.39, 0.29) is 17.9 Å². The summed E-state index contributed by atoms with van der Waals surface area (Å²) in [7, 11) is 1.90. The van der Waals surface area contributed by atoms with Crippen LogP contribution < -0.4 is 4.74 Å². The van der Waals surface area contributed by atoms with E-state index in [2.05, 4.69) is 52.1 Å². The highest BCUT2D eigenvalue weighted by molar-refractivity contribution is 5.78. The number of aromatic nitrogens is 2. The average Bonchev–Trinajstić information content (AvgIpc) is 3.36. The fourth-order valence-electron chi connectivity index (χ4n) is 4.38. The van der Waals surface area contributed by atoms with Gasteiger partial charge in [-0.3, -0.25) is 4.79 Å². The molecule has 186 valence electrons. The summed E-state index contributed by atoms with van der Waals surface area (Å²) < 4.78 is 7.93. The van der Waals surface area contributed by atoms with Gasteiger partial charge in [-0.1, -0.05) is 72.8 Å². The summed E-state index contributed by atoms with van der Waals surface area (Å²) in [5.41, 5.74) is 4.30. The second-order valence-electron chi connectivity index (χ2n) is 9.52. The van der Waals surface area contributed by atoms with Crippen LogP contribution in [0.5, 0.6) is 5.75 Å². The third-order valence-corrected chi connectivity index (χ3v) is 6.26. The van der Waals surface area contributed by atoms with Gasteiger partial charge < -0.3 is 14.2 Å². The van der Waals surface area contributed by atoms with Crippen LogP contribution in [0.2, 0.25) is 0 Å². The standard InChI is InChI=1S/C31H35N3O2/c1-24(2)36-29-16-10-11-25(19-29)20-31(35)33(3)21-28(26-12-6-4-7-13-26)17-18-34-22-30(32-23-34)27-14-8-5-9-15-27/h4-16,19,22-24,28H,17-18,20-21H2,1-3H3. The number of nitrogens with zero attached hydrogens (tertiary/aromatic N) is 3. The van der Waals surface area contributed by atoms with E-state index in [4.69, 9.17) is 4.74 Å². The molecule has 1 atom stereocenters. The summed E-state index contributed by atoms with van der Waals surface area (Å²) in [5.74, 6) is 1.13. The summed E-state index contributed by atoms with van der Waals surface area (Å²) >= 11 is 0. The third-order valence-electron chi connectivity index (χ3n) is 6.26. The van der Waals surface area contributed by atoms with E-state index in [0.29, 0.717) is 13.0 Å². The van der Waals surface area contributed by atoms with Crippen LogP contribution in [0.3, 0.4) is 0 Å². The molecule has 0 aliphatic carbocycles. The molecule has 1 unspecified atom stereocenters. The molecule has 0 fully saturated rings. The first-order valence-corrected chi connectivity index (χ1v) is 12.6. The monoisotopic (exact) mass is 481 g/mol. The molecule has 0 radical (unpaired) electrons. The minimum Gasteiger partial charge on any atom is -0.491 e. The molecule has 0 bridgehead atoms. The maximum absolute atomic E-state index is 13.1. The van der Waals surface area contributed by atoms with Gasteiger partial charge in [-0.2, -0.15) is 0 Å². The first kappa shape index (κ1) is 25.2. The van der Waals surface area contributed by atoms with E-state index < -0.39 is 0 Å². The number of carbonyl (C=O) groups excluding carboxylic acids is 1. The van der Waals surface area contributed by atoms with Gasteiger partial charge in [0.1, 0.15) is 5.75 Å². The van der Waals surface area contributed by atoms with Gasteiger partial charge in [0, 0.05) is 37.8 Å². The van der Waals surface area contributed by atoms with Crippen LogP contribution in [0, 0.1) is 0 Å². The number of carbonyl (C=O) groups is 1. The lowest BCUT2D eigenvalue weighted by Crippen LogP contribution is -2.32. The lowest BCUT2D eigenvalue weighted by molar-refractivity contribution is -0.129. The molecule has 5 nitrogen and oxygen atoms in total. The van der Waals surface area contributed by atoms with Gasteiger partial charge in [-0.05, 0) is 43.5 Å². The van der Waals surface area contributed by atoms with E-state index >= 15 is 0 Å². The second-order valence-corrected chi connectivity index (χ2v) is 9.52. The Labute approximate surface area is 214 Å². The lowest BCUT2D eigenvalue weighted by Gasteiger charge is -2.25. The van der Waals surface area contributed by atoms with Gasteiger partial charge in [0.05, 0.1) is 24.5 Å². The van der Waals surface area contributed by atoms with Crippen LogP contribution in [0.1, 0.15) is 37.3 Å². The molecule has 0 saturated carbocycles. The van der Waals surface area contributed by atoms with Gasteiger partial charge in [-0.15, -0.1) is 0 Å². The number of imidazole rings is 1. The zero-order valence-corrected chi connectivity index (χ0v) is 21.4. The zero-order chi connectivity index (χ0) is 25.3.